The topological polar surface area (TPSA) is 97.4 Å². The third-order valence-corrected chi connectivity index (χ3v) is 5.27. The Kier molecular flexibility index (Phi) is 6.81. The Balaban J connectivity index is 1.48. The molecule has 31 heavy (non-hydrogen) atoms. The van der Waals surface area contributed by atoms with E-state index >= 15 is 0 Å². The molecule has 0 atom stereocenters. The van der Waals surface area contributed by atoms with Gasteiger partial charge in [-0.05, 0) is 5.56 Å². The predicted molar refractivity (Wildman–Crippen MR) is 122 cm³/mol. The van der Waals surface area contributed by atoms with Crippen LogP contribution in [-0.4, -0.2) is 60.1 Å². The summed E-state index contributed by atoms with van der Waals surface area (Å²) >= 11 is 0. The fourth-order valence-corrected chi connectivity index (χ4v) is 3.58. The molecular weight excluding hydrogens is 392 g/mol. The van der Waals surface area contributed by atoms with Crippen LogP contribution in [0.25, 0.3) is 11.3 Å². The van der Waals surface area contributed by atoms with Crippen molar-refractivity contribution in [2.45, 2.75) is 6.54 Å². The molecule has 1 saturated heterocycles. The lowest BCUT2D eigenvalue weighted by Crippen LogP contribution is -2.42. The summed E-state index contributed by atoms with van der Waals surface area (Å²) < 4.78 is 7.08. The average Bonchev–Trinajstić information content (AvgIpc) is 3.11. The first-order valence-corrected chi connectivity index (χ1v) is 10.5. The first kappa shape index (κ1) is 20.9. The number of urea groups is 1. The second kappa shape index (κ2) is 10.1. The second-order valence-electron chi connectivity index (χ2n) is 7.45. The van der Waals surface area contributed by atoms with Crippen LogP contribution in [0.3, 0.4) is 0 Å². The van der Waals surface area contributed by atoms with Gasteiger partial charge in [-0.3, -0.25) is 4.90 Å². The predicted octanol–water partition coefficient (Wildman–Crippen LogP) is 2.63. The maximum Gasteiger partial charge on any atom is 0.319 e. The van der Waals surface area contributed by atoms with Crippen LogP contribution in [0.1, 0.15) is 5.56 Å². The lowest BCUT2D eigenvalue weighted by Gasteiger charge is -2.26. The zero-order chi connectivity index (χ0) is 21.5. The van der Waals surface area contributed by atoms with E-state index in [1.165, 1.54) is 0 Å². The summed E-state index contributed by atoms with van der Waals surface area (Å²) in [6, 6.07) is 19.4. The first-order chi connectivity index (χ1) is 15.2. The van der Waals surface area contributed by atoms with Crippen LogP contribution in [0.5, 0.6) is 0 Å². The summed E-state index contributed by atoms with van der Waals surface area (Å²) in [5, 5.41) is 10.5. The number of hydrogen-bond donors (Lipinski definition) is 3. The molecule has 3 aromatic rings. The van der Waals surface area contributed by atoms with Crippen LogP contribution in [0, 0.1) is 0 Å². The first-order valence-electron chi connectivity index (χ1n) is 10.5. The normalized spacial score (nSPS) is 14.3. The van der Waals surface area contributed by atoms with Gasteiger partial charge in [0.25, 0.3) is 0 Å². The van der Waals surface area contributed by atoms with E-state index in [0.29, 0.717) is 30.3 Å². The molecule has 1 aliphatic rings. The molecule has 0 aliphatic carbocycles. The zero-order valence-corrected chi connectivity index (χ0v) is 17.5. The highest BCUT2D eigenvalue weighted by Crippen LogP contribution is 2.32. The quantitative estimate of drug-likeness (QED) is 0.546. The summed E-state index contributed by atoms with van der Waals surface area (Å²) in [5.74, 6) is 0.422. The molecule has 2 heterocycles. The van der Waals surface area contributed by atoms with E-state index in [1.807, 2.05) is 60.7 Å². The molecule has 162 valence electrons. The molecular formula is C23H28N6O2. The largest absolute Gasteiger partial charge is 0.382 e. The molecule has 0 saturated carbocycles. The molecule has 4 rings (SSSR count). The summed E-state index contributed by atoms with van der Waals surface area (Å²) in [6.45, 7) is 5.11. The fourth-order valence-electron chi connectivity index (χ4n) is 3.58. The molecule has 0 radical (unpaired) electrons. The standard InChI is InChI=1S/C23H28N6O2/c24-22-21(26-23(30)25-11-12-28-13-15-31-16-14-28)20(19-9-5-2-6-10-19)27-29(22)17-18-7-3-1-4-8-18/h1-10H,11-17,24H2,(H2,25,26,30). The third-order valence-electron chi connectivity index (χ3n) is 5.27. The number of anilines is 2. The molecule has 2 aromatic carbocycles. The van der Waals surface area contributed by atoms with Gasteiger partial charge in [0.1, 0.15) is 17.2 Å². The summed E-state index contributed by atoms with van der Waals surface area (Å²) in [6.07, 6.45) is 0. The fraction of sp³-hybridized carbons (Fsp3) is 0.304. The van der Waals surface area contributed by atoms with Crippen LogP contribution in [0.2, 0.25) is 0 Å². The Hall–Kier alpha value is -3.36. The molecule has 0 unspecified atom stereocenters. The van der Waals surface area contributed by atoms with Crippen molar-refractivity contribution in [3.63, 3.8) is 0 Å². The van der Waals surface area contributed by atoms with E-state index in [0.717, 1.165) is 44.0 Å². The number of benzene rings is 2. The van der Waals surface area contributed by atoms with Crippen LogP contribution >= 0.6 is 0 Å². The maximum absolute atomic E-state index is 12.6. The molecule has 8 heteroatoms. The van der Waals surface area contributed by atoms with Crippen LogP contribution in [-0.2, 0) is 11.3 Å². The monoisotopic (exact) mass is 420 g/mol. The molecule has 8 nitrogen and oxygen atoms in total. The number of nitrogens with one attached hydrogen (secondary N) is 2. The van der Waals surface area contributed by atoms with Gasteiger partial charge >= 0.3 is 6.03 Å². The number of amides is 2. The van der Waals surface area contributed by atoms with Crippen molar-refractivity contribution in [2.24, 2.45) is 0 Å². The Morgan fingerprint density at radius 3 is 2.42 bits per heavy atom. The minimum atomic E-state index is -0.295. The van der Waals surface area contributed by atoms with Crippen molar-refractivity contribution in [3.8, 4) is 11.3 Å². The van der Waals surface area contributed by atoms with Gasteiger partial charge in [0.05, 0.1) is 19.8 Å². The lowest BCUT2D eigenvalue weighted by molar-refractivity contribution is 0.0388. The minimum Gasteiger partial charge on any atom is -0.382 e. The average molecular weight is 421 g/mol. The van der Waals surface area contributed by atoms with Gasteiger partial charge in [-0.1, -0.05) is 60.7 Å². The van der Waals surface area contributed by atoms with Gasteiger partial charge in [-0.2, -0.15) is 5.10 Å². The van der Waals surface area contributed by atoms with Gasteiger partial charge in [0.15, 0.2) is 0 Å². The van der Waals surface area contributed by atoms with Crippen LogP contribution in [0.4, 0.5) is 16.3 Å². The summed E-state index contributed by atoms with van der Waals surface area (Å²) in [7, 11) is 0. The van der Waals surface area contributed by atoms with Crippen molar-refractivity contribution in [1.29, 1.82) is 0 Å². The highest BCUT2D eigenvalue weighted by Gasteiger charge is 2.19. The van der Waals surface area contributed by atoms with E-state index < -0.39 is 0 Å². The highest BCUT2D eigenvalue weighted by atomic mass is 16.5. The van der Waals surface area contributed by atoms with Crippen molar-refractivity contribution in [2.75, 3.05) is 50.4 Å². The number of ether oxygens (including phenoxy) is 1. The van der Waals surface area contributed by atoms with E-state index in [4.69, 9.17) is 15.6 Å². The minimum absolute atomic E-state index is 0.295. The Bertz CT molecular complexity index is 984. The van der Waals surface area contributed by atoms with Crippen molar-refractivity contribution in [1.82, 2.24) is 20.0 Å². The number of morpholine rings is 1. The maximum atomic E-state index is 12.6. The van der Waals surface area contributed by atoms with Gasteiger partial charge < -0.3 is 21.1 Å². The number of carbonyl (C=O) groups is 1. The number of nitrogen functional groups attached to an aromatic ring is 1. The van der Waals surface area contributed by atoms with Gasteiger partial charge in [0.2, 0.25) is 0 Å². The molecule has 0 bridgehead atoms. The Labute approximate surface area is 182 Å². The second-order valence-corrected chi connectivity index (χ2v) is 7.45. The van der Waals surface area contributed by atoms with Crippen molar-refractivity contribution >= 4 is 17.5 Å². The third kappa shape index (κ3) is 5.42. The van der Waals surface area contributed by atoms with E-state index in [1.54, 1.807) is 4.68 Å². The van der Waals surface area contributed by atoms with Gasteiger partial charge in [-0.25, -0.2) is 9.48 Å². The number of aromatic nitrogens is 2. The number of rotatable bonds is 7. The number of nitrogens with zero attached hydrogens (tertiary/aromatic N) is 3. The van der Waals surface area contributed by atoms with E-state index in [2.05, 4.69) is 15.5 Å². The highest BCUT2D eigenvalue weighted by molar-refractivity contribution is 5.97. The van der Waals surface area contributed by atoms with Crippen LogP contribution < -0.4 is 16.4 Å². The summed E-state index contributed by atoms with van der Waals surface area (Å²) in [5.41, 5.74) is 9.56. The Morgan fingerprint density at radius 1 is 1.03 bits per heavy atom. The summed E-state index contributed by atoms with van der Waals surface area (Å²) in [4.78, 5) is 14.9. The Morgan fingerprint density at radius 2 is 1.71 bits per heavy atom. The molecule has 4 N–H and O–H groups in total. The molecule has 1 aliphatic heterocycles. The van der Waals surface area contributed by atoms with E-state index in [9.17, 15) is 4.79 Å². The lowest BCUT2D eigenvalue weighted by atomic mass is 10.1. The van der Waals surface area contributed by atoms with Gasteiger partial charge in [0, 0.05) is 31.7 Å². The van der Waals surface area contributed by atoms with Gasteiger partial charge in [-0.15, -0.1) is 0 Å². The van der Waals surface area contributed by atoms with Crippen LogP contribution in [0.15, 0.2) is 60.7 Å². The van der Waals surface area contributed by atoms with Crippen molar-refractivity contribution < 1.29 is 9.53 Å². The zero-order valence-electron chi connectivity index (χ0n) is 17.5. The molecule has 1 aromatic heterocycles. The molecule has 1 fully saturated rings. The number of nitrogens with two attached hydrogens (primary N) is 1. The van der Waals surface area contributed by atoms with Crippen molar-refractivity contribution in [3.05, 3.63) is 66.2 Å². The SMILES string of the molecule is Nc1c(NC(=O)NCCN2CCOCC2)c(-c2ccccc2)nn1Cc1ccccc1. The molecule has 2 amide bonds. The molecule has 0 spiro atoms. The number of carbonyl (C=O) groups excluding carboxylic acids is 1. The smallest absolute Gasteiger partial charge is 0.319 e. The number of hydrogen-bond acceptors (Lipinski definition) is 5. The van der Waals surface area contributed by atoms with E-state index in [-0.39, 0.29) is 6.03 Å².